The van der Waals surface area contributed by atoms with Crippen LogP contribution in [0.4, 0.5) is 0 Å². The third kappa shape index (κ3) is 1.94. The van der Waals surface area contributed by atoms with Crippen LogP contribution in [0.25, 0.3) is 5.57 Å². The summed E-state index contributed by atoms with van der Waals surface area (Å²) in [5.41, 5.74) is 2.76. The molecule has 0 aromatic carbocycles. The van der Waals surface area contributed by atoms with E-state index in [0.717, 1.165) is 22.9 Å². The Morgan fingerprint density at radius 2 is 2.31 bits per heavy atom. The molecule has 1 fully saturated rings. The van der Waals surface area contributed by atoms with Gasteiger partial charge in [-0.1, -0.05) is 6.08 Å². The van der Waals surface area contributed by atoms with Gasteiger partial charge in [0.2, 0.25) is 0 Å². The second kappa shape index (κ2) is 4.30. The molecule has 2 aliphatic rings. The van der Waals surface area contributed by atoms with Gasteiger partial charge in [0.25, 0.3) is 0 Å². The van der Waals surface area contributed by atoms with Gasteiger partial charge in [0.1, 0.15) is 0 Å². The van der Waals surface area contributed by atoms with Crippen LogP contribution in [0, 0.1) is 11.8 Å². The predicted octanol–water partition coefficient (Wildman–Crippen LogP) is 2.86. The number of pyridine rings is 1. The van der Waals surface area contributed by atoms with Crippen molar-refractivity contribution in [1.29, 1.82) is 0 Å². The molecule has 1 aromatic heterocycles. The lowest BCUT2D eigenvalue weighted by Crippen LogP contribution is -2.33. The Hall–Kier alpha value is -0.670. The number of nitrogens with one attached hydrogen (secondary N) is 1. The maximum absolute atomic E-state index is 4.24. The van der Waals surface area contributed by atoms with Crippen LogP contribution in [0.5, 0.6) is 0 Å². The van der Waals surface area contributed by atoms with Crippen LogP contribution in [-0.2, 0) is 0 Å². The van der Waals surface area contributed by atoms with Crippen molar-refractivity contribution in [2.24, 2.45) is 11.8 Å². The number of hydrogen-bond donors (Lipinski definition) is 1. The highest BCUT2D eigenvalue weighted by Gasteiger charge is 2.29. The van der Waals surface area contributed by atoms with Crippen molar-refractivity contribution < 1.29 is 0 Å². The van der Waals surface area contributed by atoms with Gasteiger partial charge in [0.05, 0.1) is 0 Å². The molecular formula is C13H15BrN2. The van der Waals surface area contributed by atoms with E-state index in [-0.39, 0.29) is 0 Å². The molecule has 84 valence electrons. The first kappa shape index (κ1) is 10.5. The summed E-state index contributed by atoms with van der Waals surface area (Å²) in [6.45, 7) is 2.33. The Kier molecular flexibility index (Phi) is 2.82. The van der Waals surface area contributed by atoms with Crippen molar-refractivity contribution in [1.82, 2.24) is 10.3 Å². The zero-order valence-electron chi connectivity index (χ0n) is 9.12. The third-order valence-electron chi connectivity index (χ3n) is 3.65. The van der Waals surface area contributed by atoms with Crippen molar-refractivity contribution in [2.45, 2.75) is 12.8 Å². The minimum atomic E-state index is 0.739. The van der Waals surface area contributed by atoms with Crippen molar-refractivity contribution in [3.63, 3.8) is 0 Å². The molecule has 3 heteroatoms. The van der Waals surface area contributed by atoms with Gasteiger partial charge in [-0.15, -0.1) is 0 Å². The zero-order chi connectivity index (χ0) is 11.0. The summed E-state index contributed by atoms with van der Waals surface area (Å²) < 4.78 is 1.07. The molecule has 1 aromatic rings. The van der Waals surface area contributed by atoms with Crippen LogP contribution in [0.2, 0.25) is 0 Å². The summed E-state index contributed by atoms with van der Waals surface area (Å²) in [6.07, 6.45) is 8.80. The van der Waals surface area contributed by atoms with Crippen LogP contribution in [0.15, 0.2) is 29.0 Å². The molecule has 2 atom stereocenters. The first-order valence-corrected chi connectivity index (χ1v) is 6.64. The lowest BCUT2D eigenvalue weighted by atomic mass is 9.89. The van der Waals surface area contributed by atoms with Crippen molar-refractivity contribution in [3.05, 3.63) is 34.6 Å². The number of hydrogen-bond acceptors (Lipinski definition) is 2. The molecule has 0 spiro atoms. The molecule has 1 aliphatic heterocycles. The predicted molar refractivity (Wildman–Crippen MR) is 69.0 cm³/mol. The molecule has 2 nitrogen and oxygen atoms in total. The summed E-state index contributed by atoms with van der Waals surface area (Å²) in [7, 11) is 0. The van der Waals surface area contributed by atoms with E-state index in [4.69, 9.17) is 0 Å². The maximum Gasteiger partial charge on any atom is 0.0410 e. The quantitative estimate of drug-likeness (QED) is 0.855. The normalized spacial score (nSPS) is 28.7. The summed E-state index contributed by atoms with van der Waals surface area (Å²) in [5, 5.41) is 3.47. The summed E-state index contributed by atoms with van der Waals surface area (Å²) >= 11 is 3.48. The third-order valence-corrected chi connectivity index (χ3v) is 4.08. The van der Waals surface area contributed by atoms with Gasteiger partial charge in [-0.2, -0.15) is 0 Å². The Labute approximate surface area is 104 Å². The summed E-state index contributed by atoms with van der Waals surface area (Å²) in [4.78, 5) is 4.24. The van der Waals surface area contributed by atoms with E-state index < -0.39 is 0 Å². The lowest BCUT2D eigenvalue weighted by molar-refractivity contribution is 0.323. The fraction of sp³-hybridized carbons (Fsp3) is 0.462. The number of nitrogens with zero attached hydrogens (tertiary/aromatic N) is 1. The highest BCUT2D eigenvalue weighted by molar-refractivity contribution is 9.10. The van der Waals surface area contributed by atoms with Crippen LogP contribution in [-0.4, -0.2) is 18.1 Å². The minimum Gasteiger partial charge on any atom is -0.316 e. The van der Waals surface area contributed by atoms with Gasteiger partial charge in [-0.05, 0) is 64.4 Å². The topological polar surface area (TPSA) is 24.9 Å². The van der Waals surface area contributed by atoms with Crippen molar-refractivity contribution >= 4 is 21.5 Å². The second-order valence-corrected chi connectivity index (χ2v) is 5.62. The Bertz CT molecular complexity index is 428. The van der Waals surface area contributed by atoms with E-state index in [1.165, 1.54) is 30.5 Å². The average Bonchev–Trinajstić information content (AvgIpc) is 2.72. The average molecular weight is 279 g/mol. The second-order valence-electron chi connectivity index (χ2n) is 4.70. The van der Waals surface area contributed by atoms with E-state index in [1.54, 1.807) is 0 Å². The van der Waals surface area contributed by atoms with Gasteiger partial charge >= 0.3 is 0 Å². The highest BCUT2D eigenvalue weighted by atomic mass is 79.9. The van der Waals surface area contributed by atoms with E-state index in [0.29, 0.717) is 0 Å². The number of fused-ring (bicyclic) bond motifs is 1. The van der Waals surface area contributed by atoms with Gasteiger partial charge in [0.15, 0.2) is 0 Å². The molecule has 0 bridgehead atoms. The number of allylic oxidation sites excluding steroid dienone is 1. The largest absolute Gasteiger partial charge is 0.316 e. The fourth-order valence-electron chi connectivity index (χ4n) is 2.80. The number of rotatable bonds is 1. The van der Waals surface area contributed by atoms with Crippen LogP contribution in [0.1, 0.15) is 18.4 Å². The molecule has 0 saturated carbocycles. The first-order chi connectivity index (χ1) is 7.83. The Morgan fingerprint density at radius 1 is 1.38 bits per heavy atom. The number of aromatic nitrogens is 1. The highest BCUT2D eigenvalue weighted by Crippen LogP contribution is 2.39. The number of halogens is 1. The van der Waals surface area contributed by atoms with Crippen molar-refractivity contribution in [2.75, 3.05) is 13.1 Å². The molecule has 0 amide bonds. The maximum atomic E-state index is 4.24. The Balaban J connectivity index is 1.86. The molecule has 16 heavy (non-hydrogen) atoms. The standard InChI is InChI=1S/C13H15BrN2/c14-13-5-12(7-16-8-13)10-3-9-1-2-15-6-11(9)4-10/h4-5,7-9,11,15H,1-3,6H2/t9-,11-/m1/s1. The molecule has 1 N–H and O–H groups in total. The fourth-order valence-corrected chi connectivity index (χ4v) is 3.16. The molecule has 1 aliphatic carbocycles. The van der Waals surface area contributed by atoms with Crippen molar-refractivity contribution in [3.8, 4) is 0 Å². The minimum absolute atomic E-state index is 0.739. The van der Waals surface area contributed by atoms with Gasteiger partial charge in [-0.25, -0.2) is 0 Å². The van der Waals surface area contributed by atoms with E-state index in [2.05, 4.69) is 38.4 Å². The van der Waals surface area contributed by atoms with E-state index in [1.807, 2.05) is 12.4 Å². The van der Waals surface area contributed by atoms with Crippen LogP contribution in [0.3, 0.4) is 0 Å². The monoisotopic (exact) mass is 278 g/mol. The molecule has 0 unspecified atom stereocenters. The first-order valence-electron chi connectivity index (χ1n) is 5.85. The number of piperidine rings is 1. The van der Waals surface area contributed by atoms with Gasteiger partial charge in [-0.3, -0.25) is 4.98 Å². The molecule has 3 rings (SSSR count). The molecule has 0 radical (unpaired) electrons. The van der Waals surface area contributed by atoms with E-state index in [9.17, 15) is 0 Å². The molecule has 2 heterocycles. The van der Waals surface area contributed by atoms with Crippen LogP contribution < -0.4 is 5.32 Å². The zero-order valence-corrected chi connectivity index (χ0v) is 10.7. The Morgan fingerprint density at radius 3 is 3.12 bits per heavy atom. The smallest absolute Gasteiger partial charge is 0.0410 e. The summed E-state index contributed by atoms with van der Waals surface area (Å²) in [6, 6.07) is 2.17. The van der Waals surface area contributed by atoms with Gasteiger partial charge in [0, 0.05) is 23.4 Å². The summed E-state index contributed by atoms with van der Waals surface area (Å²) in [5.74, 6) is 1.60. The van der Waals surface area contributed by atoms with Gasteiger partial charge < -0.3 is 5.32 Å². The SMILES string of the molecule is Brc1cncc(C2=C[C@@H]3CNCC[C@@H]3C2)c1. The molecular weight excluding hydrogens is 264 g/mol. The molecule has 1 saturated heterocycles. The van der Waals surface area contributed by atoms with E-state index >= 15 is 0 Å². The lowest BCUT2D eigenvalue weighted by Gasteiger charge is -2.25. The van der Waals surface area contributed by atoms with Crippen LogP contribution >= 0.6 is 15.9 Å².